The molecule has 0 bridgehead atoms. The SMILES string of the molecule is Cl.NC1(C(=O)N2CCN(C(=O)c3ccc(F)cc3)CC2)CCOCC1. The van der Waals surface area contributed by atoms with E-state index in [1.54, 1.807) is 9.80 Å². The molecule has 1 aromatic rings. The molecule has 2 heterocycles. The van der Waals surface area contributed by atoms with Crippen molar-refractivity contribution in [2.24, 2.45) is 5.73 Å². The molecule has 2 amide bonds. The fraction of sp³-hybridized carbons (Fsp3) is 0.529. The van der Waals surface area contributed by atoms with Gasteiger partial charge in [-0.05, 0) is 37.1 Å². The lowest BCUT2D eigenvalue weighted by atomic mass is 9.89. The Hall–Kier alpha value is -1.70. The Balaban J connectivity index is 0.00000225. The summed E-state index contributed by atoms with van der Waals surface area (Å²) in [5.74, 6) is -0.568. The first-order chi connectivity index (χ1) is 11.5. The van der Waals surface area contributed by atoms with E-state index < -0.39 is 5.54 Å². The van der Waals surface area contributed by atoms with Crippen molar-refractivity contribution in [3.05, 3.63) is 35.6 Å². The minimum absolute atomic E-state index is 0. The molecule has 2 fully saturated rings. The number of ether oxygens (including phenoxy) is 1. The van der Waals surface area contributed by atoms with E-state index in [0.29, 0.717) is 57.8 Å². The van der Waals surface area contributed by atoms with Gasteiger partial charge in [0.25, 0.3) is 5.91 Å². The molecule has 0 aliphatic carbocycles. The number of carbonyl (C=O) groups excluding carboxylic acids is 2. The summed E-state index contributed by atoms with van der Waals surface area (Å²) >= 11 is 0. The average Bonchev–Trinajstić information content (AvgIpc) is 2.62. The lowest BCUT2D eigenvalue weighted by Gasteiger charge is -2.40. The van der Waals surface area contributed by atoms with E-state index in [1.807, 2.05) is 0 Å². The van der Waals surface area contributed by atoms with E-state index in [-0.39, 0.29) is 30.0 Å². The zero-order valence-electron chi connectivity index (χ0n) is 13.9. The van der Waals surface area contributed by atoms with Gasteiger partial charge in [-0.3, -0.25) is 9.59 Å². The molecule has 2 aliphatic heterocycles. The standard InChI is InChI=1S/C17H22FN3O3.ClH/c18-14-3-1-13(2-4-14)15(22)20-7-9-21(10-8-20)16(23)17(19)5-11-24-12-6-17;/h1-4H,5-12,19H2;1H. The first-order valence-corrected chi connectivity index (χ1v) is 8.20. The van der Waals surface area contributed by atoms with Crippen LogP contribution in [-0.4, -0.2) is 66.5 Å². The Morgan fingerprint density at radius 3 is 2.08 bits per heavy atom. The fourth-order valence-electron chi connectivity index (χ4n) is 3.15. The van der Waals surface area contributed by atoms with Gasteiger partial charge in [-0.15, -0.1) is 12.4 Å². The lowest BCUT2D eigenvalue weighted by molar-refractivity contribution is -0.142. The Labute approximate surface area is 152 Å². The molecule has 0 saturated carbocycles. The second-order valence-electron chi connectivity index (χ2n) is 6.36. The predicted octanol–water partition coefficient (Wildman–Crippen LogP) is 1.04. The van der Waals surface area contributed by atoms with Crippen molar-refractivity contribution >= 4 is 24.2 Å². The minimum Gasteiger partial charge on any atom is -0.381 e. The lowest BCUT2D eigenvalue weighted by Crippen LogP contribution is -2.61. The second-order valence-corrected chi connectivity index (χ2v) is 6.36. The van der Waals surface area contributed by atoms with Crippen LogP contribution in [0.15, 0.2) is 24.3 Å². The molecule has 0 spiro atoms. The fourth-order valence-corrected chi connectivity index (χ4v) is 3.15. The van der Waals surface area contributed by atoms with Crippen LogP contribution in [0, 0.1) is 5.82 Å². The van der Waals surface area contributed by atoms with Gasteiger partial charge in [-0.25, -0.2) is 4.39 Å². The van der Waals surface area contributed by atoms with Gasteiger partial charge in [-0.1, -0.05) is 0 Å². The van der Waals surface area contributed by atoms with Crippen LogP contribution in [-0.2, 0) is 9.53 Å². The number of hydrogen-bond acceptors (Lipinski definition) is 4. The summed E-state index contributed by atoms with van der Waals surface area (Å²) in [6.07, 6.45) is 1.06. The van der Waals surface area contributed by atoms with Crippen LogP contribution in [0.5, 0.6) is 0 Å². The normalized spacial score (nSPS) is 19.9. The van der Waals surface area contributed by atoms with E-state index >= 15 is 0 Å². The number of piperazine rings is 1. The molecule has 2 saturated heterocycles. The van der Waals surface area contributed by atoms with Crippen molar-refractivity contribution in [2.75, 3.05) is 39.4 Å². The first-order valence-electron chi connectivity index (χ1n) is 8.20. The number of benzene rings is 1. The minimum atomic E-state index is -0.846. The molecule has 2 aliphatic rings. The number of carbonyl (C=O) groups is 2. The largest absolute Gasteiger partial charge is 0.381 e. The second kappa shape index (κ2) is 8.12. The topological polar surface area (TPSA) is 75.9 Å². The number of nitrogens with two attached hydrogens (primary N) is 1. The molecular weight excluding hydrogens is 349 g/mol. The molecule has 3 rings (SSSR count). The number of halogens is 2. The highest BCUT2D eigenvalue weighted by Crippen LogP contribution is 2.21. The third-order valence-electron chi connectivity index (χ3n) is 4.76. The molecule has 6 nitrogen and oxygen atoms in total. The summed E-state index contributed by atoms with van der Waals surface area (Å²) in [7, 11) is 0. The Kier molecular flexibility index (Phi) is 6.37. The van der Waals surface area contributed by atoms with E-state index in [1.165, 1.54) is 24.3 Å². The number of nitrogens with zero attached hydrogens (tertiary/aromatic N) is 2. The van der Waals surface area contributed by atoms with Crippen LogP contribution in [0.3, 0.4) is 0 Å². The summed E-state index contributed by atoms with van der Waals surface area (Å²) in [4.78, 5) is 28.5. The van der Waals surface area contributed by atoms with Crippen LogP contribution in [0.2, 0.25) is 0 Å². The van der Waals surface area contributed by atoms with Gasteiger partial charge in [-0.2, -0.15) is 0 Å². The third kappa shape index (κ3) is 4.29. The maximum Gasteiger partial charge on any atom is 0.253 e. The van der Waals surface area contributed by atoms with Crippen molar-refractivity contribution in [3.8, 4) is 0 Å². The maximum absolute atomic E-state index is 13.0. The highest BCUT2D eigenvalue weighted by Gasteiger charge is 2.40. The molecule has 0 unspecified atom stereocenters. The molecule has 8 heteroatoms. The third-order valence-corrected chi connectivity index (χ3v) is 4.76. The van der Waals surface area contributed by atoms with Crippen LogP contribution in [0.4, 0.5) is 4.39 Å². The van der Waals surface area contributed by atoms with Crippen LogP contribution >= 0.6 is 12.4 Å². The zero-order valence-corrected chi connectivity index (χ0v) is 14.8. The summed E-state index contributed by atoms with van der Waals surface area (Å²) in [5, 5.41) is 0. The van der Waals surface area contributed by atoms with Crippen molar-refractivity contribution in [2.45, 2.75) is 18.4 Å². The average molecular weight is 372 g/mol. The van der Waals surface area contributed by atoms with Crippen LogP contribution in [0.1, 0.15) is 23.2 Å². The number of amides is 2. The van der Waals surface area contributed by atoms with Gasteiger partial charge in [0.05, 0.1) is 5.54 Å². The summed E-state index contributed by atoms with van der Waals surface area (Å²) in [5.41, 5.74) is 5.85. The van der Waals surface area contributed by atoms with Gasteiger partial charge in [0.1, 0.15) is 5.82 Å². The molecule has 1 aromatic carbocycles. The van der Waals surface area contributed by atoms with E-state index in [0.717, 1.165) is 0 Å². The maximum atomic E-state index is 13.0. The van der Waals surface area contributed by atoms with Crippen LogP contribution in [0.25, 0.3) is 0 Å². The van der Waals surface area contributed by atoms with Gasteiger partial charge in [0, 0.05) is 45.0 Å². The highest BCUT2D eigenvalue weighted by molar-refractivity contribution is 5.94. The highest BCUT2D eigenvalue weighted by atomic mass is 35.5. The number of hydrogen-bond donors (Lipinski definition) is 1. The Morgan fingerprint density at radius 1 is 1.00 bits per heavy atom. The van der Waals surface area contributed by atoms with Crippen molar-refractivity contribution in [1.29, 1.82) is 0 Å². The first kappa shape index (κ1) is 19.6. The van der Waals surface area contributed by atoms with Gasteiger partial charge in [0.15, 0.2) is 0 Å². The predicted molar refractivity (Wildman–Crippen MR) is 93.1 cm³/mol. The van der Waals surface area contributed by atoms with Gasteiger partial charge in [0.2, 0.25) is 5.91 Å². The van der Waals surface area contributed by atoms with Crippen molar-refractivity contribution in [3.63, 3.8) is 0 Å². The van der Waals surface area contributed by atoms with Crippen molar-refractivity contribution in [1.82, 2.24) is 9.80 Å². The summed E-state index contributed by atoms with van der Waals surface area (Å²) < 4.78 is 18.2. The molecule has 0 atom stereocenters. The smallest absolute Gasteiger partial charge is 0.253 e. The molecule has 138 valence electrons. The monoisotopic (exact) mass is 371 g/mol. The summed E-state index contributed by atoms with van der Waals surface area (Å²) in [6.45, 7) is 2.84. The van der Waals surface area contributed by atoms with Crippen molar-refractivity contribution < 1.29 is 18.7 Å². The van der Waals surface area contributed by atoms with Crippen LogP contribution < -0.4 is 5.73 Å². The quantitative estimate of drug-likeness (QED) is 0.842. The van der Waals surface area contributed by atoms with E-state index in [9.17, 15) is 14.0 Å². The van der Waals surface area contributed by atoms with E-state index in [4.69, 9.17) is 10.5 Å². The molecule has 25 heavy (non-hydrogen) atoms. The Morgan fingerprint density at radius 2 is 1.52 bits per heavy atom. The molecule has 0 aromatic heterocycles. The molecular formula is C17H23ClFN3O3. The number of rotatable bonds is 2. The molecule has 2 N–H and O–H groups in total. The van der Waals surface area contributed by atoms with Gasteiger partial charge < -0.3 is 20.3 Å². The Bertz CT molecular complexity index is 612. The molecule has 0 radical (unpaired) electrons. The van der Waals surface area contributed by atoms with E-state index in [2.05, 4.69) is 0 Å². The summed E-state index contributed by atoms with van der Waals surface area (Å²) in [6, 6.07) is 5.50. The zero-order chi connectivity index (χ0) is 17.2. The van der Waals surface area contributed by atoms with Gasteiger partial charge >= 0.3 is 0 Å².